The van der Waals surface area contributed by atoms with Gasteiger partial charge in [-0.1, -0.05) is 26.3 Å². The molecule has 2 saturated heterocycles. The smallest absolute Gasteiger partial charge is 0.319 e. The van der Waals surface area contributed by atoms with E-state index in [0.717, 1.165) is 18.5 Å². The van der Waals surface area contributed by atoms with Crippen LogP contribution in [0.5, 0.6) is 0 Å². The van der Waals surface area contributed by atoms with E-state index in [1.54, 1.807) is 0 Å². The number of urea groups is 1. The van der Waals surface area contributed by atoms with Crippen LogP contribution in [0.3, 0.4) is 0 Å². The fraction of sp³-hybridized carbons (Fsp3) is 0.667. The summed E-state index contributed by atoms with van der Waals surface area (Å²) in [6, 6.07) is 7.67. The van der Waals surface area contributed by atoms with E-state index in [4.69, 9.17) is 0 Å². The number of carbonyl (C=O) groups is 1. The Labute approximate surface area is 152 Å². The first-order valence-corrected chi connectivity index (χ1v) is 9.82. The van der Waals surface area contributed by atoms with Gasteiger partial charge in [0.05, 0.1) is 0 Å². The van der Waals surface area contributed by atoms with Gasteiger partial charge in [0.2, 0.25) is 0 Å². The van der Waals surface area contributed by atoms with E-state index in [9.17, 15) is 4.79 Å². The standard InChI is InChI=1S/C21H33N3O/c1-14(2)13-24-19-6-5-7-20(24)12-18(11-19)23-21(25)22-17-9-15(3)8-16(4)10-17/h8-10,14,18-20H,5-7,11-13H2,1-4H3,(H2,22,23,25)/t19-,20-/m0/s1. The predicted octanol–water partition coefficient (Wildman–Crippen LogP) is 4.47. The Kier molecular flexibility index (Phi) is 5.67. The molecule has 25 heavy (non-hydrogen) atoms. The zero-order valence-electron chi connectivity index (χ0n) is 16.1. The summed E-state index contributed by atoms with van der Waals surface area (Å²) >= 11 is 0. The second-order valence-corrected chi connectivity index (χ2v) is 8.47. The van der Waals surface area contributed by atoms with Gasteiger partial charge in [-0.05, 0) is 68.7 Å². The van der Waals surface area contributed by atoms with Crippen molar-refractivity contribution in [3.05, 3.63) is 29.3 Å². The molecule has 1 aromatic rings. The number of hydrogen-bond donors (Lipinski definition) is 2. The second kappa shape index (κ2) is 7.77. The number of benzene rings is 1. The van der Waals surface area contributed by atoms with E-state index in [-0.39, 0.29) is 6.03 Å². The predicted molar refractivity (Wildman–Crippen MR) is 104 cm³/mol. The highest BCUT2D eigenvalue weighted by atomic mass is 16.2. The molecular weight excluding hydrogens is 310 g/mol. The van der Waals surface area contributed by atoms with Crippen molar-refractivity contribution in [1.29, 1.82) is 0 Å². The Morgan fingerprint density at radius 1 is 1.12 bits per heavy atom. The van der Waals surface area contributed by atoms with Crippen molar-refractivity contribution >= 4 is 11.7 Å². The third-order valence-corrected chi connectivity index (χ3v) is 5.52. The van der Waals surface area contributed by atoms with Gasteiger partial charge in [0.1, 0.15) is 0 Å². The number of rotatable bonds is 4. The maximum absolute atomic E-state index is 12.4. The molecule has 1 aromatic carbocycles. The van der Waals surface area contributed by atoms with E-state index in [2.05, 4.69) is 49.3 Å². The third kappa shape index (κ3) is 4.75. The molecule has 0 spiro atoms. The molecule has 2 fully saturated rings. The van der Waals surface area contributed by atoms with Gasteiger partial charge in [-0.3, -0.25) is 4.90 Å². The molecule has 3 rings (SSSR count). The van der Waals surface area contributed by atoms with Crippen LogP contribution in [0.1, 0.15) is 57.1 Å². The minimum Gasteiger partial charge on any atom is -0.335 e. The SMILES string of the molecule is Cc1cc(C)cc(NC(=O)NC2C[C@@H]3CCC[C@@H](C2)N3CC(C)C)c1. The Balaban J connectivity index is 1.57. The molecule has 2 aliphatic rings. The monoisotopic (exact) mass is 343 g/mol. The number of amides is 2. The van der Waals surface area contributed by atoms with Gasteiger partial charge in [0.15, 0.2) is 0 Å². The van der Waals surface area contributed by atoms with Crippen molar-refractivity contribution in [2.45, 2.75) is 77.9 Å². The van der Waals surface area contributed by atoms with Crippen molar-refractivity contribution < 1.29 is 4.79 Å². The van der Waals surface area contributed by atoms with Crippen LogP contribution in [0.15, 0.2) is 18.2 Å². The Bertz CT molecular complexity index is 579. The van der Waals surface area contributed by atoms with E-state index >= 15 is 0 Å². The van der Waals surface area contributed by atoms with Crippen molar-refractivity contribution in [3.8, 4) is 0 Å². The number of aryl methyl sites for hydroxylation is 2. The summed E-state index contributed by atoms with van der Waals surface area (Å²) in [6.45, 7) is 9.91. The first-order chi connectivity index (χ1) is 11.9. The van der Waals surface area contributed by atoms with Crippen LogP contribution in [-0.4, -0.2) is 35.6 Å². The molecule has 2 N–H and O–H groups in total. The summed E-state index contributed by atoms with van der Waals surface area (Å²) in [4.78, 5) is 15.2. The van der Waals surface area contributed by atoms with Crippen LogP contribution in [0.25, 0.3) is 0 Å². The Hall–Kier alpha value is -1.55. The van der Waals surface area contributed by atoms with E-state index in [1.165, 1.54) is 36.9 Å². The molecule has 0 saturated carbocycles. The van der Waals surface area contributed by atoms with Gasteiger partial charge < -0.3 is 10.6 Å². The maximum Gasteiger partial charge on any atom is 0.319 e. The molecule has 0 aromatic heterocycles. The van der Waals surface area contributed by atoms with Crippen molar-refractivity contribution in [1.82, 2.24) is 10.2 Å². The lowest BCUT2D eigenvalue weighted by atomic mass is 9.81. The number of fused-ring (bicyclic) bond motifs is 2. The Morgan fingerprint density at radius 3 is 2.28 bits per heavy atom. The fourth-order valence-electron chi connectivity index (χ4n) is 4.72. The molecule has 138 valence electrons. The summed E-state index contributed by atoms with van der Waals surface area (Å²) in [7, 11) is 0. The van der Waals surface area contributed by atoms with Crippen LogP contribution < -0.4 is 10.6 Å². The lowest BCUT2D eigenvalue weighted by molar-refractivity contribution is 0.0180. The molecule has 4 nitrogen and oxygen atoms in total. The number of piperidine rings is 2. The van der Waals surface area contributed by atoms with E-state index < -0.39 is 0 Å². The lowest BCUT2D eigenvalue weighted by Crippen LogP contribution is -2.58. The lowest BCUT2D eigenvalue weighted by Gasteiger charge is -2.49. The van der Waals surface area contributed by atoms with E-state index in [0.29, 0.717) is 24.0 Å². The Morgan fingerprint density at radius 2 is 1.72 bits per heavy atom. The zero-order valence-corrected chi connectivity index (χ0v) is 16.1. The number of nitrogens with one attached hydrogen (secondary N) is 2. The highest BCUT2D eigenvalue weighted by molar-refractivity contribution is 5.89. The first-order valence-electron chi connectivity index (χ1n) is 9.82. The summed E-state index contributed by atoms with van der Waals surface area (Å²) in [6.07, 6.45) is 6.07. The molecular formula is C21H33N3O. The normalized spacial score (nSPS) is 26.5. The van der Waals surface area contributed by atoms with Crippen LogP contribution in [0, 0.1) is 19.8 Å². The molecule has 0 unspecified atom stereocenters. The van der Waals surface area contributed by atoms with Crippen LogP contribution in [0.4, 0.5) is 10.5 Å². The molecule has 2 amide bonds. The number of hydrogen-bond acceptors (Lipinski definition) is 2. The van der Waals surface area contributed by atoms with Gasteiger partial charge in [-0.25, -0.2) is 4.79 Å². The van der Waals surface area contributed by atoms with Gasteiger partial charge in [-0.2, -0.15) is 0 Å². The molecule has 2 bridgehead atoms. The summed E-state index contributed by atoms with van der Waals surface area (Å²) < 4.78 is 0. The molecule has 2 atom stereocenters. The maximum atomic E-state index is 12.4. The quantitative estimate of drug-likeness (QED) is 0.847. The molecule has 4 heteroatoms. The van der Waals surface area contributed by atoms with Gasteiger partial charge in [0.25, 0.3) is 0 Å². The minimum absolute atomic E-state index is 0.0645. The van der Waals surface area contributed by atoms with Crippen molar-refractivity contribution in [3.63, 3.8) is 0 Å². The third-order valence-electron chi connectivity index (χ3n) is 5.52. The van der Waals surface area contributed by atoms with Crippen molar-refractivity contribution in [2.75, 3.05) is 11.9 Å². The topological polar surface area (TPSA) is 44.4 Å². The summed E-state index contributed by atoms with van der Waals surface area (Å²) in [5.41, 5.74) is 3.23. The minimum atomic E-state index is -0.0645. The van der Waals surface area contributed by atoms with Gasteiger partial charge >= 0.3 is 6.03 Å². The fourth-order valence-corrected chi connectivity index (χ4v) is 4.72. The van der Waals surface area contributed by atoms with Gasteiger partial charge in [-0.15, -0.1) is 0 Å². The van der Waals surface area contributed by atoms with E-state index in [1.807, 2.05) is 12.1 Å². The van der Waals surface area contributed by atoms with Crippen LogP contribution >= 0.6 is 0 Å². The van der Waals surface area contributed by atoms with Crippen LogP contribution in [-0.2, 0) is 0 Å². The summed E-state index contributed by atoms with van der Waals surface area (Å²) in [5, 5.41) is 6.25. The number of carbonyl (C=O) groups excluding carboxylic acids is 1. The molecule has 2 aliphatic heterocycles. The highest BCUT2D eigenvalue weighted by Gasteiger charge is 2.38. The molecule has 2 heterocycles. The average Bonchev–Trinajstić information content (AvgIpc) is 2.46. The number of nitrogens with zero attached hydrogens (tertiary/aromatic N) is 1. The number of anilines is 1. The average molecular weight is 344 g/mol. The zero-order chi connectivity index (χ0) is 18.0. The first kappa shape index (κ1) is 18.2. The molecule has 0 radical (unpaired) electrons. The largest absolute Gasteiger partial charge is 0.335 e. The second-order valence-electron chi connectivity index (χ2n) is 8.47. The summed E-state index contributed by atoms with van der Waals surface area (Å²) in [5.74, 6) is 0.709. The highest BCUT2D eigenvalue weighted by Crippen LogP contribution is 2.34. The molecule has 0 aliphatic carbocycles. The van der Waals surface area contributed by atoms with Crippen molar-refractivity contribution in [2.24, 2.45) is 5.92 Å². The van der Waals surface area contributed by atoms with Crippen LogP contribution in [0.2, 0.25) is 0 Å². The van der Waals surface area contributed by atoms with Gasteiger partial charge in [0, 0.05) is 30.4 Å².